The Kier molecular flexibility index (Phi) is 2.07. The van der Waals surface area contributed by atoms with Gasteiger partial charge in [0, 0.05) is 7.05 Å². The molecule has 1 heterocycles. The Labute approximate surface area is 70.4 Å². The number of hydrogen-bond acceptors (Lipinski definition) is 4. The van der Waals surface area contributed by atoms with Crippen molar-refractivity contribution in [1.82, 2.24) is 14.5 Å². The van der Waals surface area contributed by atoms with Gasteiger partial charge in [-0.3, -0.25) is 4.68 Å². The highest BCUT2D eigenvalue weighted by molar-refractivity contribution is 7.89. The largest absolute Gasteiger partial charge is 0.383 e. The molecule has 0 atom stereocenters. The molecule has 12 heavy (non-hydrogen) atoms. The summed E-state index contributed by atoms with van der Waals surface area (Å²) >= 11 is 0. The van der Waals surface area contributed by atoms with E-state index in [1.165, 1.54) is 17.9 Å². The summed E-state index contributed by atoms with van der Waals surface area (Å²) in [6, 6.07) is 0. The van der Waals surface area contributed by atoms with Crippen molar-refractivity contribution < 1.29 is 8.42 Å². The predicted octanol–water partition coefficient (Wildman–Crippen LogP) is -1.09. The molecule has 1 aromatic heterocycles. The van der Waals surface area contributed by atoms with Crippen LogP contribution >= 0.6 is 0 Å². The first-order chi connectivity index (χ1) is 5.49. The molecule has 0 aliphatic heterocycles. The van der Waals surface area contributed by atoms with Crippen molar-refractivity contribution in [3.63, 3.8) is 0 Å². The van der Waals surface area contributed by atoms with Gasteiger partial charge in [0.1, 0.15) is 10.7 Å². The Hall–Kier alpha value is -1.08. The number of aryl methyl sites for hydroxylation is 1. The molecule has 3 N–H and O–H groups in total. The number of nitrogens with one attached hydrogen (secondary N) is 1. The first-order valence-corrected chi connectivity index (χ1v) is 4.68. The Bertz CT molecular complexity index is 380. The molecule has 0 fully saturated rings. The van der Waals surface area contributed by atoms with Gasteiger partial charge in [-0.1, -0.05) is 0 Å². The highest BCUT2D eigenvalue weighted by Crippen LogP contribution is 2.14. The number of nitrogen functional groups attached to an aromatic ring is 1. The van der Waals surface area contributed by atoms with Crippen LogP contribution < -0.4 is 10.5 Å². The average Bonchev–Trinajstić information content (AvgIpc) is 2.33. The lowest BCUT2D eigenvalue weighted by Crippen LogP contribution is -2.19. The van der Waals surface area contributed by atoms with Gasteiger partial charge in [0.25, 0.3) is 0 Å². The van der Waals surface area contributed by atoms with Gasteiger partial charge in [-0.2, -0.15) is 5.10 Å². The quantitative estimate of drug-likeness (QED) is 0.620. The van der Waals surface area contributed by atoms with Crippen LogP contribution in [0.25, 0.3) is 0 Å². The van der Waals surface area contributed by atoms with Crippen molar-refractivity contribution in [3.05, 3.63) is 6.20 Å². The van der Waals surface area contributed by atoms with Crippen LogP contribution in [0.5, 0.6) is 0 Å². The fraction of sp³-hybridized carbons (Fsp3) is 0.400. The van der Waals surface area contributed by atoms with Crippen molar-refractivity contribution in [3.8, 4) is 0 Å². The minimum absolute atomic E-state index is 0.00694. The van der Waals surface area contributed by atoms with Crippen molar-refractivity contribution >= 4 is 15.8 Å². The number of hydrogen-bond donors (Lipinski definition) is 2. The van der Waals surface area contributed by atoms with Crippen molar-refractivity contribution in [2.75, 3.05) is 12.8 Å². The van der Waals surface area contributed by atoms with E-state index in [4.69, 9.17) is 5.73 Å². The lowest BCUT2D eigenvalue weighted by molar-refractivity contribution is 0.588. The number of nitrogens with zero attached hydrogens (tertiary/aromatic N) is 2. The Morgan fingerprint density at radius 3 is 2.58 bits per heavy atom. The van der Waals surface area contributed by atoms with E-state index < -0.39 is 10.0 Å². The highest BCUT2D eigenvalue weighted by Gasteiger charge is 2.18. The van der Waals surface area contributed by atoms with E-state index in [1.54, 1.807) is 7.05 Å². The van der Waals surface area contributed by atoms with Gasteiger partial charge in [-0.05, 0) is 7.05 Å². The highest BCUT2D eigenvalue weighted by atomic mass is 32.2. The van der Waals surface area contributed by atoms with Crippen LogP contribution in [-0.4, -0.2) is 25.2 Å². The van der Waals surface area contributed by atoms with Crippen LogP contribution in [0.3, 0.4) is 0 Å². The number of aromatic nitrogens is 2. The molecule has 0 spiro atoms. The van der Waals surface area contributed by atoms with Crippen molar-refractivity contribution in [2.24, 2.45) is 7.05 Å². The van der Waals surface area contributed by atoms with Gasteiger partial charge in [0.05, 0.1) is 6.20 Å². The second-order valence-corrected chi connectivity index (χ2v) is 4.08. The van der Waals surface area contributed by atoms with Gasteiger partial charge in [-0.25, -0.2) is 13.1 Å². The molecule has 0 radical (unpaired) electrons. The first kappa shape index (κ1) is 9.01. The summed E-state index contributed by atoms with van der Waals surface area (Å²) in [5.41, 5.74) is 5.45. The number of sulfonamides is 1. The molecule has 68 valence electrons. The van der Waals surface area contributed by atoms with Crippen LogP contribution in [-0.2, 0) is 17.1 Å². The van der Waals surface area contributed by atoms with Gasteiger partial charge in [-0.15, -0.1) is 0 Å². The third-order valence-electron chi connectivity index (χ3n) is 1.51. The van der Waals surface area contributed by atoms with E-state index in [-0.39, 0.29) is 10.7 Å². The van der Waals surface area contributed by atoms with E-state index >= 15 is 0 Å². The minimum Gasteiger partial charge on any atom is -0.383 e. The summed E-state index contributed by atoms with van der Waals surface area (Å²) < 4.78 is 25.8. The zero-order chi connectivity index (χ0) is 9.35. The topological polar surface area (TPSA) is 90.0 Å². The fourth-order valence-electron chi connectivity index (χ4n) is 0.744. The Morgan fingerprint density at radius 2 is 2.25 bits per heavy atom. The van der Waals surface area contributed by atoms with Crippen molar-refractivity contribution in [2.45, 2.75) is 4.90 Å². The molecule has 6 nitrogen and oxygen atoms in total. The second kappa shape index (κ2) is 2.76. The third kappa shape index (κ3) is 1.28. The monoisotopic (exact) mass is 190 g/mol. The maximum atomic E-state index is 11.2. The molecular weight excluding hydrogens is 180 g/mol. The molecule has 0 aliphatic rings. The standard InChI is InChI=1S/C5H10N4O2S/c1-7-12(10,11)4-3-8-9(2)5(4)6/h3,7H,6H2,1-2H3. The molecule has 0 saturated heterocycles. The lowest BCUT2D eigenvalue weighted by atomic mass is 10.6. The van der Waals surface area contributed by atoms with Crippen LogP contribution in [0.4, 0.5) is 5.82 Å². The number of anilines is 1. The van der Waals surface area contributed by atoms with Gasteiger partial charge in [0.15, 0.2) is 0 Å². The molecule has 0 aliphatic carbocycles. The predicted molar refractivity (Wildman–Crippen MR) is 43.9 cm³/mol. The van der Waals surface area contributed by atoms with Crippen molar-refractivity contribution in [1.29, 1.82) is 0 Å². The molecule has 0 bridgehead atoms. The smallest absolute Gasteiger partial charge is 0.245 e. The normalized spacial score (nSPS) is 11.8. The average molecular weight is 190 g/mol. The summed E-state index contributed by atoms with van der Waals surface area (Å²) in [5, 5.41) is 3.70. The summed E-state index contributed by atoms with van der Waals surface area (Å²) in [4.78, 5) is 0.00694. The van der Waals surface area contributed by atoms with E-state index in [0.717, 1.165) is 0 Å². The maximum absolute atomic E-state index is 11.2. The molecule has 0 amide bonds. The second-order valence-electron chi connectivity index (χ2n) is 2.23. The van der Waals surface area contributed by atoms with Crippen LogP contribution in [0.15, 0.2) is 11.1 Å². The summed E-state index contributed by atoms with van der Waals surface area (Å²) in [6.45, 7) is 0. The lowest BCUT2D eigenvalue weighted by Gasteiger charge is -1.99. The molecule has 1 rings (SSSR count). The Morgan fingerprint density at radius 1 is 1.67 bits per heavy atom. The van der Waals surface area contributed by atoms with Crippen LogP contribution in [0.2, 0.25) is 0 Å². The number of rotatable bonds is 2. The Balaban J connectivity index is 3.30. The number of nitrogens with two attached hydrogens (primary N) is 1. The summed E-state index contributed by atoms with van der Waals surface area (Å²) in [6.07, 6.45) is 1.21. The van der Waals surface area contributed by atoms with Crippen LogP contribution in [0.1, 0.15) is 0 Å². The molecule has 0 saturated carbocycles. The van der Waals surface area contributed by atoms with E-state index in [0.29, 0.717) is 0 Å². The summed E-state index contributed by atoms with van der Waals surface area (Å²) in [7, 11) is -0.572. The van der Waals surface area contributed by atoms with E-state index in [1.807, 2.05) is 0 Å². The third-order valence-corrected chi connectivity index (χ3v) is 2.94. The fourth-order valence-corrected chi connectivity index (χ4v) is 1.56. The zero-order valence-corrected chi connectivity index (χ0v) is 7.59. The molecule has 0 aromatic carbocycles. The first-order valence-electron chi connectivity index (χ1n) is 3.20. The summed E-state index contributed by atoms with van der Waals surface area (Å²) in [5.74, 6) is 0.129. The molecule has 1 aromatic rings. The van der Waals surface area contributed by atoms with E-state index in [2.05, 4.69) is 9.82 Å². The minimum atomic E-state index is -3.47. The van der Waals surface area contributed by atoms with E-state index in [9.17, 15) is 8.42 Å². The molecule has 0 unspecified atom stereocenters. The molecule has 7 heteroatoms. The maximum Gasteiger partial charge on any atom is 0.245 e. The van der Waals surface area contributed by atoms with Gasteiger partial charge in [0.2, 0.25) is 10.0 Å². The zero-order valence-electron chi connectivity index (χ0n) is 6.77. The van der Waals surface area contributed by atoms with Crippen LogP contribution in [0, 0.1) is 0 Å². The SMILES string of the molecule is CNS(=O)(=O)c1cnn(C)c1N. The van der Waals surface area contributed by atoms with Gasteiger partial charge >= 0.3 is 0 Å². The van der Waals surface area contributed by atoms with Gasteiger partial charge < -0.3 is 5.73 Å². The molecular formula is C5H10N4O2S.